The van der Waals surface area contributed by atoms with Gasteiger partial charge >= 0.3 is 0 Å². The maximum absolute atomic E-state index is 10.9. The summed E-state index contributed by atoms with van der Waals surface area (Å²) in [5, 5.41) is 0. The smallest absolute Gasteiger partial charge is 0.151 e. The molecule has 0 aliphatic heterocycles. The van der Waals surface area contributed by atoms with Crippen molar-refractivity contribution >= 4 is 9.84 Å². The molecule has 0 unspecified atom stereocenters. The zero-order valence-electron chi connectivity index (χ0n) is 8.82. The summed E-state index contributed by atoms with van der Waals surface area (Å²) in [5.74, 6) is 0.0796. The van der Waals surface area contributed by atoms with Gasteiger partial charge in [-0.05, 0) is 25.0 Å². The Hall–Kier alpha value is -0.390. The molecule has 0 aromatic rings. The summed E-state index contributed by atoms with van der Waals surface area (Å²) in [6, 6.07) is 0. The third-order valence-electron chi connectivity index (χ3n) is 1.71. The van der Waals surface area contributed by atoms with Crippen molar-refractivity contribution in [2.45, 2.75) is 12.8 Å². The van der Waals surface area contributed by atoms with E-state index in [0.29, 0.717) is 13.2 Å². The Morgan fingerprint density at radius 1 is 1.50 bits per heavy atom. The topological polar surface area (TPSA) is 69.4 Å². The summed E-state index contributed by atoms with van der Waals surface area (Å²) >= 11 is 0. The second-order valence-corrected chi connectivity index (χ2v) is 5.46. The third kappa shape index (κ3) is 8.22. The highest BCUT2D eigenvalue weighted by Crippen LogP contribution is 2.05. The summed E-state index contributed by atoms with van der Waals surface area (Å²) in [6.45, 7) is 1.09. The number of rotatable bonds is 7. The van der Waals surface area contributed by atoms with E-state index >= 15 is 0 Å². The standard InChI is InChI=1S/C9H19NO3S/c1-13-8-9(4-3-6-10)5-7-14(2,11)12/h5H,3-4,6-8,10H2,1-2H3. The molecule has 0 fully saturated rings. The highest BCUT2D eigenvalue weighted by molar-refractivity contribution is 7.90. The molecular weight excluding hydrogens is 202 g/mol. The molecule has 0 heterocycles. The fourth-order valence-corrected chi connectivity index (χ4v) is 1.56. The van der Waals surface area contributed by atoms with Crippen molar-refractivity contribution < 1.29 is 13.2 Å². The Morgan fingerprint density at radius 2 is 2.14 bits per heavy atom. The van der Waals surface area contributed by atoms with E-state index < -0.39 is 9.84 Å². The van der Waals surface area contributed by atoms with Crippen LogP contribution < -0.4 is 5.73 Å². The zero-order valence-corrected chi connectivity index (χ0v) is 9.64. The fourth-order valence-electron chi connectivity index (χ4n) is 1.02. The predicted molar refractivity (Wildman–Crippen MR) is 58.0 cm³/mol. The summed E-state index contributed by atoms with van der Waals surface area (Å²) in [7, 11) is -1.33. The molecule has 4 nitrogen and oxygen atoms in total. The first-order valence-electron chi connectivity index (χ1n) is 4.54. The van der Waals surface area contributed by atoms with Gasteiger partial charge in [0.05, 0.1) is 12.4 Å². The van der Waals surface area contributed by atoms with Gasteiger partial charge in [0.25, 0.3) is 0 Å². The van der Waals surface area contributed by atoms with Crippen molar-refractivity contribution in [3.05, 3.63) is 11.6 Å². The van der Waals surface area contributed by atoms with Crippen LogP contribution in [-0.2, 0) is 14.6 Å². The molecule has 0 amide bonds. The van der Waals surface area contributed by atoms with Gasteiger partial charge in [-0.25, -0.2) is 8.42 Å². The minimum Gasteiger partial charge on any atom is -0.380 e. The zero-order chi connectivity index (χ0) is 11.0. The molecule has 0 bridgehead atoms. The summed E-state index contributed by atoms with van der Waals surface area (Å²) in [5.41, 5.74) is 6.37. The van der Waals surface area contributed by atoms with Crippen LogP contribution in [0.1, 0.15) is 12.8 Å². The molecule has 0 radical (unpaired) electrons. The number of ether oxygens (including phenoxy) is 1. The van der Waals surface area contributed by atoms with Crippen LogP contribution in [0.4, 0.5) is 0 Å². The first-order valence-corrected chi connectivity index (χ1v) is 6.60. The molecular formula is C9H19NO3S. The van der Waals surface area contributed by atoms with Gasteiger partial charge in [-0.15, -0.1) is 0 Å². The molecule has 0 rings (SSSR count). The van der Waals surface area contributed by atoms with E-state index in [4.69, 9.17) is 10.5 Å². The van der Waals surface area contributed by atoms with Crippen LogP contribution in [0.2, 0.25) is 0 Å². The van der Waals surface area contributed by atoms with Gasteiger partial charge in [0.1, 0.15) is 0 Å². The second-order valence-electron chi connectivity index (χ2n) is 3.28. The molecule has 0 aliphatic carbocycles. The van der Waals surface area contributed by atoms with Gasteiger partial charge in [-0.2, -0.15) is 0 Å². The van der Waals surface area contributed by atoms with E-state index in [1.165, 1.54) is 6.26 Å². The summed E-state index contributed by atoms with van der Waals surface area (Å²) in [6.07, 6.45) is 4.60. The summed E-state index contributed by atoms with van der Waals surface area (Å²) < 4.78 is 26.8. The minimum absolute atomic E-state index is 0.0796. The van der Waals surface area contributed by atoms with Gasteiger partial charge < -0.3 is 10.5 Å². The monoisotopic (exact) mass is 221 g/mol. The first kappa shape index (κ1) is 13.6. The average molecular weight is 221 g/mol. The second kappa shape index (κ2) is 6.98. The van der Waals surface area contributed by atoms with Crippen LogP contribution in [0.3, 0.4) is 0 Å². The van der Waals surface area contributed by atoms with Crippen molar-refractivity contribution in [3.63, 3.8) is 0 Å². The van der Waals surface area contributed by atoms with Crippen LogP contribution in [0.15, 0.2) is 11.6 Å². The SMILES string of the molecule is COCC(=CCS(C)(=O)=O)CCCN. The quantitative estimate of drug-likeness (QED) is 0.629. The van der Waals surface area contributed by atoms with Gasteiger partial charge in [0.2, 0.25) is 0 Å². The van der Waals surface area contributed by atoms with Crippen molar-refractivity contribution in [1.82, 2.24) is 0 Å². The van der Waals surface area contributed by atoms with Crippen LogP contribution in [-0.4, -0.2) is 40.7 Å². The van der Waals surface area contributed by atoms with Crippen molar-refractivity contribution in [3.8, 4) is 0 Å². The predicted octanol–water partition coefficient (Wildman–Crippen LogP) is 0.343. The van der Waals surface area contributed by atoms with Gasteiger partial charge in [-0.3, -0.25) is 0 Å². The van der Waals surface area contributed by atoms with Crippen LogP contribution in [0, 0.1) is 0 Å². The van der Waals surface area contributed by atoms with Gasteiger partial charge in [-0.1, -0.05) is 6.08 Å². The molecule has 0 saturated carbocycles. The first-order chi connectivity index (χ1) is 6.49. The maximum Gasteiger partial charge on any atom is 0.151 e. The largest absolute Gasteiger partial charge is 0.380 e. The molecule has 0 spiro atoms. The lowest BCUT2D eigenvalue weighted by atomic mass is 10.1. The lowest BCUT2D eigenvalue weighted by molar-refractivity contribution is 0.222. The normalized spacial score (nSPS) is 13.2. The Kier molecular flexibility index (Phi) is 6.78. The Morgan fingerprint density at radius 3 is 2.57 bits per heavy atom. The summed E-state index contributed by atoms with van der Waals surface area (Å²) in [4.78, 5) is 0. The Bertz CT molecular complexity index is 270. The molecule has 2 N–H and O–H groups in total. The van der Waals surface area contributed by atoms with Crippen molar-refractivity contribution in [1.29, 1.82) is 0 Å². The van der Waals surface area contributed by atoms with E-state index in [1.807, 2.05) is 0 Å². The average Bonchev–Trinajstić information content (AvgIpc) is 2.08. The van der Waals surface area contributed by atoms with Crippen molar-refractivity contribution in [2.75, 3.05) is 32.3 Å². The number of hydrogen-bond acceptors (Lipinski definition) is 4. The Balaban J connectivity index is 4.17. The Labute approximate surface area is 86.0 Å². The minimum atomic E-state index is -2.93. The lowest BCUT2D eigenvalue weighted by Crippen LogP contribution is -2.05. The molecule has 0 aliphatic rings. The molecule has 5 heteroatoms. The van der Waals surface area contributed by atoms with Crippen LogP contribution >= 0.6 is 0 Å². The highest BCUT2D eigenvalue weighted by Gasteiger charge is 2.01. The van der Waals surface area contributed by atoms with E-state index in [0.717, 1.165) is 18.4 Å². The number of methoxy groups -OCH3 is 1. The molecule has 14 heavy (non-hydrogen) atoms. The van der Waals surface area contributed by atoms with Crippen molar-refractivity contribution in [2.24, 2.45) is 5.73 Å². The molecule has 0 saturated heterocycles. The molecule has 0 aromatic heterocycles. The number of nitrogens with two attached hydrogens (primary N) is 1. The number of sulfone groups is 1. The highest BCUT2D eigenvalue weighted by atomic mass is 32.2. The van der Waals surface area contributed by atoms with E-state index in [9.17, 15) is 8.42 Å². The fraction of sp³-hybridized carbons (Fsp3) is 0.778. The number of hydrogen-bond donors (Lipinski definition) is 1. The maximum atomic E-state index is 10.9. The van der Waals surface area contributed by atoms with E-state index in [2.05, 4.69) is 0 Å². The van der Waals surface area contributed by atoms with Crippen LogP contribution in [0.25, 0.3) is 0 Å². The molecule has 84 valence electrons. The third-order valence-corrected chi connectivity index (χ3v) is 2.48. The lowest BCUT2D eigenvalue weighted by Gasteiger charge is -2.05. The van der Waals surface area contributed by atoms with Gasteiger partial charge in [0.15, 0.2) is 9.84 Å². The van der Waals surface area contributed by atoms with E-state index in [-0.39, 0.29) is 5.75 Å². The molecule has 0 atom stereocenters. The van der Waals surface area contributed by atoms with Crippen LogP contribution in [0.5, 0.6) is 0 Å². The van der Waals surface area contributed by atoms with Gasteiger partial charge in [0, 0.05) is 13.4 Å². The van der Waals surface area contributed by atoms with E-state index in [1.54, 1.807) is 13.2 Å². The molecule has 0 aromatic carbocycles.